The van der Waals surface area contributed by atoms with Gasteiger partial charge in [-0.15, -0.1) is 11.3 Å². The molecule has 4 nitrogen and oxygen atoms in total. The molecule has 1 aliphatic heterocycles. The van der Waals surface area contributed by atoms with E-state index in [1.165, 1.54) is 11.1 Å². The van der Waals surface area contributed by atoms with Gasteiger partial charge in [-0.2, -0.15) is 0 Å². The molecule has 1 aromatic heterocycles. The van der Waals surface area contributed by atoms with Crippen LogP contribution < -0.4 is 4.72 Å². The van der Waals surface area contributed by atoms with Crippen molar-refractivity contribution in [2.24, 2.45) is 0 Å². The van der Waals surface area contributed by atoms with Crippen LogP contribution in [0.4, 0.5) is 0 Å². The molecule has 0 bridgehead atoms. The van der Waals surface area contributed by atoms with Gasteiger partial charge in [-0.3, -0.25) is 0 Å². The van der Waals surface area contributed by atoms with Crippen LogP contribution >= 0.6 is 11.3 Å². The van der Waals surface area contributed by atoms with Gasteiger partial charge in [-0.25, -0.2) is 13.1 Å². The summed E-state index contributed by atoms with van der Waals surface area (Å²) in [5.74, 6) is 0. The number of thiophene rings is 1. The van der Waals surface area contributed by atoms with Crippen LogP contribution in [0, 0.1) is 0 Å². The molecule has 1 aromatic rings. The highest BCUT2D eigenvalue weighted by atomic mass is 32.2. The molecule has 0 radical (unpaired) electrons. The maximum absolute atomic E-state index is 11.2. The van der Waals surface area contributed by atoms with E-state index < -0.39 is 10.0 Å². The van der Waals surface area contributed by atoms with Crippen molar-refractivity contribution in [3.05, 3.63) is 22.4 Å². The van der Waals surface area contributed by atoms with Crippen molar-refractivity contribution in [2.75, 3.05) is 26.0 Å². The summed E-state index contributed by atoms with van der Waals surface area (Å²) in [5, 5.41) is 2.03. The Bertz CT molecular complexity index is 447. The van der Waals surface area contributed by atoms with Crippen LogP contribution in [-0.4, -0.2) is 34.4 Å². The Morgan fingerprint density at radius 3 is 2.71 bits per heavy atom. The van der Waals surface area contributed by atoms with Crippen LogP contribution in [0.1, 0.15) is 17.7 Å². The summed E-state index contributed by atoms with van der Waals surface area (Å²) in [7, 11) is -3.14. The van der Waals surface area contributed by atoms with Crippen LogP contribution in [0.15, 0.2) is 17.5 Å². The van der Waals surface area contributed by atoms with Gasteiger partial charge in [0.2, 0.25) is 10.0 Å². The summed E-state index contributed by atoms with van der Waals surface area (Å²) in [6, 6.07) is 4.09. The first-order valence-electron chi connectivity index (χ1n) is 5.58. The number of hydrogen-bond donors (Lipinski definition) is 1. The SMILES string of the molecule is CS(=O)(=O)NCC1(c2cccs2)CCOCC1. The number of nitrogens with one attached hydrogen (secondary N) is 1. The quantitative estimate of drug-likeness (QED) is 0.902. The van der Waals surface area contributed by atoms with E-state index in [2.05, 4.69) is 10.8 Å². The molecule has 0 unspecified atom stereocenters. The lowest BCUT2D eigenvalue weighted by molar-refractivity contribution is 0.0529. The molecule has 0 saturated carbocycles. The van der Waals surface area contributed by atoms with Crippen LogP contribution in [0.25, 0.3) is 0 Å². The molecule has 0 spiro atoms. The van der Waals surface area contributed by atoms with Gasteiger partial charge in [0.1, 0.15) is 0 Å². The molecular formula is C11H17NO3S2. The van der Waals surface area contributed by atoms with Gasteiger partial charge >= 0.3 is 0 Å². The van der Waals surface area contributed by atoms with E-state index in [0.29, 0.717) is 19.8 Å². The van der Waals surface area contributed by atoms with Crippen LogP contribution in [0.2, 0.25) is 0 Å². The third kappa shape index (κ3) is 3.28. The van der Waals surface area contributed by atoms with E-state index in [4.69, 9.17) is 4.74 Å². The van der Waals surface area contributed by atoms with Gasteiger partial charge in [0.15, 0.2) is 0 Å². The number of sulfonamides is 1. The highest BCUT2D eigenvalue weighted by Gasteiger charge is 2.35. The highest BCUT2D eigenvalue weighted by Crippen LogP contribution is 2.37. The topological polar surface area (TPSA) is 55.4 Å². The van der Waals surface area contributed by atoms with Crippen molar-refractivity contribution in [1.29, 1.82) is 0 Å². The summed E-state index contributed by atoms with van der Waals surface area (Å²) in [6.45, 7) is 1.86. The number of rotatable bonds is 4. The summed E-state index contributed by atoms with van der Waals surface area (Å²) in [4.78, 5) is 1.25. The van der Waals surface area contributed by atoms with Crippen molar-refractivity contribution >= 4 is 21.4 Å². The van der Waals surface area contributed by atoms with Gasteiger partial charge in [-0.05, 0) is 24.3 Å². The highest BCUT2D eigenvalue weighted by molar-refractivity contribution is 7.88. The second-order valence-corrected chi connectivity index (χ2v) is 7.24. The Kier molecular flexibility index (Phi) is 3.87. The molecule has 0 aliphatic carbocycles. The first kappa shape index (κ1) is 13.0. The summed E-state index contributed by atoms with van der Waals surface area (Å²) in [5.41, 5.74) is -0.0878. The van der Waals surface area contributed by atoms with E-state index in [1.807, 2.05) is 11.4 Å². The third-order valence-corrected chi connectivity index (χ3v) is 4.95. The Morgan fingerprint density at radius 1 is 1.47 bits per heavy atom. The molecular weight excluding hydrogens is 258 g/mol. The zero-order valence-electron chi connectivity index (χ0n) is 9.81. The fourth-order valence-corrected chi connectivity index (χ4v) is 3.65. The van der Waals surface area contributed by atoms with Gasteiger partial charge in [0.25, 0.3) is 0 Å². The lowest BCUT2D eigenvalue weighted by atomic mass is 9.79. The molecule has 0 aromatic carbocycles. The minimum atomic E-state index is -3.14. The average Bonchev–Trinajstić information content (AvgIpc) is 2.81. The Morgan fingerprint density at radius 2 is 2.18 bits per heavy atom. The maximum atomic E-state index is 11.2. The lowest BCUT2D eigenvalue weighted by Gasteiger charge is -2.36. The average molecular weight is 275 g/mol. The summed E-state index contributed by atoms with van der Waals surface area (Å²) in [6.07, 6.45) is 2.94. The third-order valence-electron chi connectivity index (χ3n) is 3.17. The van der Waals surface area contributed by atoms with Gasteiger partial charge in [0, 0.05) is 30.1 Å². The van der Waals surface area contributed by atoms with E-state index in [-0.39, 0.29) is 5.41 Å². The molecule has 1 aliphatic rings. The second-order valence-electron chi connectivity index (χ2n) is 4.46. The second kappa shape index (κ2) is 5.06. The maximum Gasteiger partial charge on any atom is 0.208 e. The monoisotopic (exact) mass is 275 g/mol. The van der Waals surface area contributed by atoms with Crippen LogP contribution in [0.5, 0.6) is 0 Å². The molecule has 0 amide bonds. The molecule has 6 heteroatoms. The Balaban J connectivity index is 2.18. The minimum absolute atomic E-state index is 0.0878. The fraction of sp³-hybridized carbons (Fsp3) is 0.636. The van der Waals surface area contributed by atoms with Crippen molar-refractivity contribution in [3.8, 4) is 0 Å². The smallest absolute Gasteiger partial charge is 0.208 e. The van der Waals surface area contributed by atoms with Gasteiger partial charge < -0.3 is 4.74 Å². The number of hydrogen-bond acceptors (Lipinski definition) is 4. The molecule has 96 valence electrons. The molecule has 2 rings (SSSR count). The van der Waals surface area contributed by atoms with Gasteiger partial charge in [0.05, 0.1) is 6.26 Å². The molecule has 1 N–H and O–H groups in total. The normalized spacial score (nSPS) is 20.3. The largest absolute Gasteiger partial charge is 0.381 e. The predicted octanol–water partition coefficient (Wildman–Crippen LogP) is 1.35. The first-order chi connectivity index (χ1) is 8.02. The Labute approximate surface area is 106 Å². The Hall–Kier alpha value is -0.430. The summed E-state index contributed by atoms with van der Waals surface area (Å²) >= 11 is 1.69. The summed E-state index contributed by atoms with van der Waals surface area (Å²) < 4.78 is 30.5. The first-order valence-corrected chi connectivity index (χ1v) is 8.35. The molecule has 1 saturated heterocycles. The fourth-order valence-electron chi connectivity index (χ4n) is 2.12. The lowest BCUT2D eigenvalue weighted by Crippen LogP contribution is -2.43. The van der Waals surface area contributed by atoms with Crippen molar-refractivity contribution in [2.45, 2.75) is 18.3 Å². The van der Waals surface area contributed by atoms with Crippen LogP contribution in [-0.2, 0) is 20.2 Å². The van der Waals surface area contributed by atoms with Crippen LogP contribution in [0.3, 0.4) is 0 Å². The van der Waals surface area contributed by atoms with Crippen molar-refractivity contribution in [3.63, 3.8) is 0 Å². The molecule has 17 heavy (non-hydrogen) atoms. The van der Waals surface area contributed by atoms with Crippen molar-refractivity contribution in [1.82, 2.24) is 4.72 Å². The van der Waals surface area contributed by atoms with E-state index >= 15 is 0 Å². The minimum Gasteiger partial charge on any atom is -0.381 e. The number of ether oxygens (including phenoxy) is 1. The standard InChI is InChI=1S/C11H17NO3S2/c1-17(13,14)12-9-11(4-6-15-7-5-11)10-3-2-8-16-10/h2-3,8,12H,4-7,9H2,1H3. The van der Waals surface area contributed by atoms with Gasteiger partial charge in [-0.1, -0.05) is 6.07 Å². The van der Waals surface area contributed by atoms with E-state index in [1.54, 1.807) is 11.3 Å². The predicted molar refractivity (Wildman–Crippen MR) is 68.9 cm³/mol. The zero-order chi connectivity index (χ0) is 12.4. The van der Waals surface area contributed by atoms with E-state index in [0.717, 1.165) is 12.8 Å². The molecule has 1 fully saturated rings. The zero-order valence-corrected chi connectivity index (χ0v) is 11.4. The van der Waals surface area contributed by atoms with E-state index in [9.17, 15) is 8.42 Å². The van der Waals surface area contributed by atoms with Crippen molar-refractivity contribution < 1.29 is 13.2 Å². The molecule has 0 atom stereocenters. The molecule has 2 heterocycles.